The van der Waals surface area contributed by atoms with Gasteiger partial charge in [0.05, 0.1) is 17.3 Å². The third-order valence-electron chi connectivity index (χ3n) is 4.01. The van der Waals surface area contributed by atoms with Crippen molar-refractivity contribution in [3.05, 3.63) is 74.5 Å². The fraction of sp³-hybridized carbons (Fsp3) is 0.222. The van der Waals surface area contributed by atoms with Gasteiger partial charge in [0.1, 0.15) is 5.58 Å². The minimum absolute atomic E-state index is 0.0402. The number of benzene rings is 1. The third kappa shape index (κ3) is 3.09. The van der Waals surface area contributed by atoms with E-state index in [0.29, 0.717) is 41.9 Å². The topological polar surface area (TPSA) is 84.5 Å². The number of hydrogen-bond acceptors (Lipinski definition) is 5. The first-order valence-corrected chi connectivity index (χ1v) is 7.67. The Morgan fingerprint density at radius 1 is 1.21 bits per heavy atom. The Morgan fingerprint density at radius 2 is 2.00 bits per heavy atom. The highest BCUT2D eigenvalue weighted by Gasteiger charge is 2.07. The molecule has 0 saturated heterocycles. The standard InChI is InChI=1S/C18H18N2O4/c1-12-17(22)15(21)6-8-20(12)9-7-19-10-13-11-24-16-5-3-2-4-14(16)18(13)23/h2-6,8,11,19,22H,7,9-10H2,1H3. The lowest BCUT2D eigenvalue weighted by Crippen LogP contribution is -2.24. The Bertz CT molecular complexity index is 988. The van der Waals surface area contributed by atoms with Crippen molar-refractivity contribution in [2.75, 3.05) is 6.54 Å². The second-order valence-corrected chi connectivity index (χ2v) is 5.57. The van der Waals surface area contributed by atoms with Crippen molar-refractivity contribution < 1.29 is 9.52 Å². The zero-order chi connectivity index (χ0) is 17.1. The predicted molar refractivity (Wildman–Crippen MR) is 91.3 cm³/mol. The van der Waals surface area contributed by atoms with Crippen molar-refractivity contribution >= 4 is 11.0 Å². The molecule has 124 valence electrons. The fourth-order valence-electron chi connectivity index (χ4n) is 2.57. The molecule has 0 fully saturated rings. The maximum absolute atomic E-state index is 12.4. The average molecular weight is 326 g/mol. The van der Waals surface area contributed by atoms with E-state index in [1.807, 2.05) is 12.1 Å². The van der Waals surface area contributed by atoms with E-state index in [1.165, 1.54) is 12.3 Å². The summed E-state index contributed by atoms with van der Waals surface area (Å²) in [6.45, 7) is 3.22. The zero-order valence-corrected chi connectivity index (χ0v) is 13.3. The van der Waals surface area contributed by atoms with Gasteiger partial charge in [0, 0.05) is 37.5 Å². The van der Waals surface area contributed by atoms with Gasteiger partial charge in [-0.2, -0.15) is 0 Å². The lowest BCUT2D eigenvalue weighted by Gasteiger charge is -2.12. The molecule has 0 atom stereocenters. The van der Waals surface area contributed by atoms with Gasteiger partial charge in [0.2, 0.25) is 5.43 Å². The Morgan fingerprint density at radius 3 is 2.83 bits per heavy atom. The van der Waals surface area contributed by atoms with Gasteiger partial charge >= 0.3 is 0 Å². The molecule has 3 aromatic rings. The number of aromatic hydroxyl groups is 1. The molecular formula is C18H18N2O4. The number of hydrogen-bond donors (Lipinski definition) is 2. The van der Waals surface area contributed by atoms with E-state index < -0.39 is 0 Å². The van der Waals surface area contributed by atoms with Gasteiger partial charge in [0.25, 0.3) is 0 Å². The first-order valence-electron chi connectivity index (χ1n) is 7.67. The van der Waals surface area contributed by atoms with Crippen molar-refractivity contribution in [1.29, 1.82) is 0 Å². The molecule has 2 aromatic heterocycles. The number of nitrogens with one attached hydrogen (secondary N) is 1. The van der Waals surface area contributed by atoms with Crippen LogP contribution in [0.25, 0.3) is 11.0 Å². The molecule has 3 rings (SSSR count). The van der Waals surface area contributed by atoms with Crippen molar-refractivity contribution in [1.82, 2.24) is 9.88 Å². The van der Waals surface area contributed by atoms with E-state index in [1.54, 1.807) is 29.8 Å². The van der Waals surface area contributed by atoms with Crippen LogP contribution in [0.1, 0.15) is 11.3 Å². The molecule has 0 saturated carbocycles. The molecule has 6 heteroatoms. The van der Waals surface area contributed by atoms with Crippen LogP contribution in [-0.2, 0) is 13.1 Å². The lowest BCUT2D eigenvalue weighted by molar-refractivity contribution is 0.451. The van der Waals surface area contributed by atoms with Crippen molar-refractivity contribution in [3.8, 4) is 5.75 Å². The monoisotopic (exact) mass is 326 g/mol. The fourth-order valence-corrected chi connectivity index (χ4v) is 2.57. The summed E-state index contributed by atoms with van der Waals surface area (Å²) in [4.78, 5) is 23.7. The molecular weight excluding hydrogens is 308 g/mol. The number of para-hydroxylation sites is 1. The van der Waals surface area contributed by atoms with Crippen LogP contribution >= 0.6 is 0 Å². The zero-order valence-electron chi connectivity index (χ0n) is 13.3. The summed E-state index contributed by atoms with van der Waals surface area (Å²) in [5.74, 6) is -0.229. The molecule has 6 nitrogen and oxygen atoms in total. The van der Waals surface area contributed by atoms with E-state index in [2.05, 4.69) is 5.32 Å². The van der Waals surface area contributed by atoms with Crippen LogP contribution in [0.15, 0.2) is 56.8 Å². The van der Waals surface area contributed by atoms with E-state index >= 15 is 0 Å². The largest absolute Gasteiger partial charge is 0.503 e. The number of aromatic nitrogens is 1. The van der Waals surface area contributed by atoms with Gasteiger partial charge in [-0.3, -0.25) is 9.59 Å². The summed E-state index contributed by atoms with van der Waals surface area (Å²) in [5, 5.41) is 13.4. The summed E-state index contributed by atoms with van der Waals surface area (Å²) in [6.07, 6.45) is 3.12. The molecule has 0 aliphatic rings. The van der Waals surface area contributed by atoms with Crippen LogP contribution in [0.2, 0.25) is 0 Å². The molecule has 0 spiro atoms. The Labute approximate surface area is 138 Å². The minimum Gasteiger partial charge on any atom is -0.503 e. The first-order chi connectivity index (χ1) is 11.6. The summed E-state index contributed by atoms with van der Waals surface area (Å²) < 4.78 is 7.26. The van der Waals surface area contributed by atoms with Gasteiger partial charge in [-0.05, 0) is 19.1 Å². The Hall–Kier alpha value is -2.86. The third-order valence-corrected chi connectivity index (χ3v) is 4.01. The summed E-state index contributed by atoms with van der Waals surface area (Å²) >= 11 is 0. The lowest BCUT2D eigenvalue weighted by atomic mass is 10.2. The first kappa shape index (κ1) is 16.0. The van der Waals surface area contributed by atoms with E-state index in [-0.39, 0.29) is 16.6 Å². The molecule has 0 aliphatic heterocycles. The van der Waals surface area contributed by atoms with Gasteiger partial charge < -0.3 is 19.4 Å². The van der Waals surface area contributed by atoms with Crippen LogP contribution in [0.4, 0.5) is 0 Å². The normalized spacial score (nSPS) is 11.0. The van der Waals surface area contributed by atoms with Crippen molar-refractivity contribution in [2.45, 2.75) is 20.0 Å². The van der Waals surface area contributed by atoms with Crippen LogP contribution < -0.4 is 16.2 Å². The second kappa shape index (κ2) is 6.72. The summed E-state index contributed by atoms with van der Waals surface area (Å²) in [6, 6.07) is 8.48. The van der Waals surface area contributed by atoms with Gasteiger partial charge in [0.15, 0.2) is 11.2 Å². The predicted octanol–water partition coefficient (Wildman–Crippen LogP) is 1.76. The average Bonchev–Trinajstić information content (AvgIpc) is 2.60. The molecule has 0 radical (unpaired) electrons. The molecule has 0 bridgehead atoms. The Balaban J connectivity index is 1.65. The highest BCUT2D eigenvalue weighted by Crippen LogP contribution is 2.10. The molecule has 0 aliphatic carbocycles. The van der Waals surface area contributed by atoms with Gasteiger partial charge in [-0.1, -0.05) is 12.1 Å². The number of nitrogens with zero attached hydrogens (tertiary/aromatic N) is 1. The molecule has 24 heavy (non-hydrogen) atoms. The molecule has 0 unspecified atom stereocenters. The van der Waals surface area contributed by atoms with Crippen molar-refractivity contribution in [2.24, 2.45) is 0 Å². The molecule has 0 amide bonds. The van der Waals surface area contributed by atoms with E-state index in [0.717, 1.165) is 0 Å². The van der Waals surface area contributed by atoms with Gasteiger partial charge in [-0.25, -0.2) is 0 Å². The summed E-state index contributed by atoms with van der Waals surface area (Å²) in [5.41, 5.74) is 1.24. The van der Waals surface area contributed by atoms with Gasteiger partial charge in [-0.15, -0.1) is 0 Å². The highest BCUT2D eigenvalue weighted by atomic mass is 16.3. The van der Waals surface area contributed by atoms with E-state index in [4.69, 9.17) is 4.42 Å². The SMILES string of the molecule is Cc1c(O)c(=O)ccn1CCNCc1coc2ccccc2c1=O. The minimum atomic E-state index is -0.384. The van der Waals surface area contributed by atoms with Crippen LogP contribution in [-0.4, -0.2) is 16.2 Å². The smallest absolute Gasteiger partial charge is 0.223 e. The highest BCUT2D eigenvalue weighted by molar-refractivity contribution is 5.76. The number of pyridine rings is 1. The number of fused-ring (bicyclic) bond motifs is 1. The number of rotatable bonds is 5. The summed E-state index contributed by atoms with van der Waals surface area (Å²) in [7, 11) is 0. The molecule has 2 N–H and O–H groups in total. The van der Waals surface area contributed by atoms with Crippen LogP contribution in [0.3, 0.4) is 0 Å². The van der Waals surface area contributed by atoms with E-state index in [9.17, 15) is 14.7 Å². The second-order valence-electron chi connectivity index (χ2n) is 5.57. The van der Waals surface area contributed by atoms with Crippen molar-refractivity contribution in [3.63, 3.8) is 0 Å². The quantitative estimate of drug-likeness (QED) is 0.698. The Kier molecular flexibility index (Phi) is 4.48. The maximum atomic E-state index is 12.4. The molecule has 1 aromatic carbocycles. The van der Waals surface area contributed by atoms with Crippen LogP contribution in [0.5, 0.6) is 5.75 Å². The molecule has 2 heterocycles. The van der Waals surface area contributed by atoms with Crippen LogP contribution in [0, 0.1) is 6.92 Å². The maximum Gasteiger partial charge on any atom is 0.223 e.